The summed E-state index contributed by atoms with van der Waals surface area (Å²) in [5.74, 6) is 6.53. The Morgan fingerprint density at radius 1 is 1.37 bits per heavy atom. The van der Waals surface area contributed by atoms with Gasteiger partial charge in [-0.3, -0.25) is 11.3 Å². The molecular formula is C14H17BrN2OS. The number of halogens is 1. The van der Waals surface area contributed by atoms with E-state index in [1.54, 1.807) is 18.4 Å². The van der Waals surface area contributed by atoms with E-state index >= 15 is 0 Å². The lowest BCUT2D eigenvalue weighted by Gasteiger charge is -2.14. The van der Waals surface area contributed by atoms with Gasteiger partial charge in [0.15, 0.2) is 0 Å². The predicted octanol–water partition coefficient (Wildman–Crippen LogP) is 3.66. The Bertz CT molecular complexity index is 512. The van der Waals surface area contributed by atoms with E-state index in [0.29, 0.717) is 0 Å². The van der Waals surface area contributed by atoms with Gasteiger partial charge in [-0.25, -0.2) is 0 Å². The average Bonchev–Trinajstić information content (AvgIpc) is 2.87. The number of hydrazine groups is 1. The van der Waals surface area contributed by atoms with Gasteiger partial charge in [0, 0.05) is 14.7 Å². The largest absolute Gasteiger partial charge is 0.497 e. The van der Waals surface area contributed by atoms with Crippen molar-refractivity contribution in [3.8, 4) is 5.75 Å². The number of rotatable bonds is 6. The summed E-state index contributed by atoms with van der Waals surface area (Å²) in [5, 5.41) is 2.08. The van der Waals surface area contributed by atoms with E-state index in [-0.39, 0.29) is 6.04 Å². The SMILES string of the molecule is COc1ccc(CCC(NN)c2cc(Br)cs2)cc1. The number of methoxy groups -OCH3 is 1. The molecule has 0 aliphatic carbocycles. The molecule has 0 fully saturated rings. The maximum atomic E-state index is 5.65. The van der Waals surface area contributed by atoms with Crippen LogP contribution in [0.25, 0.3) is 0 Å². The molecule has 0 saturated carbocycles. The molecule has 3 N–H and O–H groups in total. The van der Waals surface area contributed by atoms with Crippen molar-refractivity contribution < 1.29 is 4.74 Å². The molecule has 1 atom stereocenters. The summed E-state index contributed by atoms with van der Waals surface area (Å²) in [5.41, 5.74) is 4.18. The first-order chi connectivity index (χ1) is 9.22. The molecule has 1 aromatic heterocycles. The van der Waals surface area contributed by atoms with Gasteiger partial charge in [0.25, 0.3) is 0 Å². The number of nitrogens with two attached hydrogens (primary N) is 1. The summed E-state index contributed by atoms with van der Waals surface area (Å²) < 4.78 is 6.26. The Hall–Kier alpha value is -0.880. The van der Waals surface area contributed by atoms with Crippen LogP contribution in [0.2, 0.25) is 0 Å². The molecule has 1 aromatic carbocycles. The van der Waals surface area contributed by atoms with Crippen molar-refractivity contribution in [2.75, 3.05) is 7.11 Å². The molecule has 102 valence electrons. The lowest BCUT2D eigenvalue weighted by atomic mass is 10.0. The number of nitrogens with one attached hydrogen (secondary N) is 1. The van der Waals surface area contributed by atoms with Gasteiger partial charge in [0.1, 0.15) is 5.75 Å². The molecule has 0 bridgehead atoms. The number of hydrogen-bond donors (Lipinski definition) is 2. The fraction of sp³-hybridized carbons (Fsp3) is 0.286. The second kappa shape index (κ2) is 7.05. The number of benzene rings is 1. The van der Waals surface area contributed by atoms with Crippen LogP contribution < -0.4 is 16.0 Å². The molecule has 2 rings (SSSR count). The molecule has 0 radical (unpaired) electrons. The van der Waals surface area contributed by atoms with Crippen molar-refractivity contribution in [1.82, 2.24) is 5.43 Å². The minimum absolute atomic E-state index is 0.193. The fourth-order valence-electron chi connectivity index (χ4n) is 1.92. The zero-order valence-corrected chi connectivity index (χ0v) is 13.1. The van der Waals surface area contributed by atoms with E-state index in [0.717, 1.165) is 23.1 Å². The molecular weight excluding hydrogens is 324 g/mol. The van der Waals surface area contributed by atoms with Crippen LogP contribution in [0.3, 0.4) is 0 Å². The molecule has 19 heavy (non-hydrogen) atoms. The number of thiophene rings is 1. The van der Waals surface area contributed by atoms with Crippen molar-refractivity contribution in [2.24, 2.45) is 5.84 Å². The third kappa shape index (κ3) is 4.04. The molecule has 0 aliphatic rings. The maximum absolute atomic E-state index is 5.65. The van der Waals surface area contributed by atoms with Gasteiger partial charge in [0.05, 0.1) is 13.2 Å². The van der Waals surface area contributed by atoms with Crippen LogP contribution in [-0.4, -0.2) is 7.11 Å². The third-order valence-corrected chi connectivity index (χ3v) is 4.82. The second-order valence-electron chi connectivity index (χ2n) is 4.27. The van der Waals surface area contributed by atoms with Crippen LogP contribution in [0, 0.1) is 0 Å². The lowest BCUT2D eigenvalue weighted by molar-refractivity contribution is 0.414. The molecule has 1 heterocycles. The zero-order chi connectivity index (χ0) is 13.7. The molecule has 3 nitrogen and oxygen atoms in total. The van der Waals surface area contributed by atoms with Crippen molar-refractivity contribution in [2.45, 2.75) is 18.9 Å². The van der Waals surface area contributed by atoms with Crippen molar-refractivity contribution in [3.63, 3.8) is 0 Å². The summed E-state index contributed by atoms with van der Waals surface area (Å²) in [6, 6.07) is 10.5. The molecule has 1 unspecified atom stereocenters. The molecule has 0 amide bonds. The van der Waals surface area contributed by atoms with Gasteiger partial charge in [-0.05, 0) is 52.5 Å². The average molecular weight is 341 g/mol. The van der Waals surface area contributed by atoms with Crippen LogP contribution in [-0.2, 0) is 6.42 Å². The highest BCUT2D eigenvalue weighted by molar-refractivity contribution is 9.10. The topological polar surface area (TPSA) is 47.3 Å². The number of hydrogen-bond acceptors (Lipinski definition) is 4. The molecule has 0 aliphatic heterocycles. The predicted molar refractivity (Wildman–Crippen MR) is 83.4 cm³/mol. The Balaban J connectivity index is 1.95. The van der Waals surface area contributed by atoms with Gasteiger partial charge >= 0.3 is 0 Å². The fourth-order valence-corrected chi connectivity index (χ4v) is 3.46. The van der Waals surface area contributed by atoms with Gasteiger partial charge in [0.2, 0.25) is 0 Å². The van der Waals surface area contributed by atoms with Crippen LogP contribution in [0.4, 0.5) is 0 Å². The minimum atomic E-state index is 0.193. The van der Waals surface area contributed by atoms with Crippen molar-refractivity contribution in [1.29, 1.82) is 0 Å². The first-order valence-electron chi connectivity index (χ1n) is 6.06. The minimum Gasteiger partial charge on any atom is -0.497 e. The van der Waals surface area contributed by atoms with Gasteiger partial charge in [-0.15, -0.1) is 11.3 Å². The molecule has 0 spiro atoms. The monoisotopic (exact) mass is 340 g/mol. The highest BCUT2D eigenvalue weighted by Gasteiger charge is 2.12. The Labute approximate surface area is 125 Å². The van der Waals surface area contributed by atoms with Gasteiger partial charge in [-0.1, -0.05) is 12.1 Å². The quantitative estimate of drug-likeness (QED) is 0.623. The Morgan fingerprint density at radius 2 is 2.11 bits per heavy atom. The smallest absolute Gasteiger partial charge is 0.118 e. The van der Waals surface area contributed by atoms with E-state index in [4.69, 9.17) is 10.6 Å². The first-order valence-corrected chi connectivity index (χ1v) is 7.73. The summed E-state index contributed by atoms with van der Waals surface area (Å²) in [6.07, 6.45) is 1.95. The normalized spacial score (nSPS) is 12.4. The lowest BCUT2D eigenvalue weighted by Crippen LogP contribution is -2.27. The molecule has 5 heteroatoms. The van der Waals surface area contributed by atoms with E-state index in [1.807, 2.05) is 12.1 Å². The van der Waals surface area contributed by atoms with Gasteiger partial charge in [-0.2, -0.15) is 0 Å². The zero-order valence-electron chi connectivity index (χ0n) is 10.7. The number of aryl methyl sites for hydroxylation is 1. The van der Waals surface area contributed by atoms with E-state index in [1.165, 1.54) is 10.4 Å². The summed E-state index contributed by atoms with van der Waals surface area (Å²) in [7, 11) is 1.68. The van der Waals surface area contributed by atoms with Crippen LogP contribution in [0.1, 0.15) is 22.9 Å². The van der Waals surface area contributed by atoms with Crippen LogP contribution >= 0.6 is 27.3 Å². The highest BCUT2D eigenvalue weighted by Crippen LogP contribution is 2.28. The molecule has 0 saturated heterocycles. The highest BCUT2D eigenvalue weighted by atomic mass is 79.9. The molecule has 2 aromatic rings. The number of ether oxygens (including phenoxy) is 1. The first kappa shape index (κ1) is 14.5. The standard InChI is InChI=1S/C14H17BrN2OS/c1-18-12-5-2-10(3-6-12)4-7-13(17-16)14-8-11(15)9-19-14/h2-3,5-6,8-9,13,17H,4,7,16H2,1H3. The summed E-state index contributed by atoms with van der Waals surface area (Å²) >= 11 is 5.18. The van der Waals surface area contributed by atoms with E-state index in [2.05, 4.69) is 44.9 Å². The van der Waals surface area contributed by atoms with E-state index in [9.17, 15) is 0 Å². The Kier molecular flexibility index (Phi) is 5.39. The van der Waals surface area contributed by atoms with E-state index < -0.39 is 0 Å². The Morgan fingerprint density at radius 3 is 2.63 bits per heavy atom. The van der Waals surface area contributed by atoms with Crippen LogP contribution in [0.15, 0.2) is 40.2 Å². The summed E-state index contributed by atoms with van der Waals surface area (Å²) in [6.45, 7) is 0. The second-order valence-corrected chi connectivity index (χ2v) is 6.13. The van der Waals surface area contributed by atoms with Gasteiger partial charge < -0.3 is 4.74 Å². The third-order valence-electron chi connectivity index (χ3n) is 3.01. The summed E-state index contributed by atoms with van der Waals surface area (Å²) in [4.78, 5) is 1.25. The van der Waals surface area contributed by atoms with Crippen LogP contribution in [0.5, 0.6) is 5.75 Å². The maximum Gasteiger partial charge on any atom is 0.118 e. The van der Waals surface area contributed by atoms with Crippen molar-refractivity contribution in [3.05, 3.63) is 50.6 Å². The van der Waals surface area contributed by atoms with Crippen molar-refractivity contribution >= 4 is 27.3 Å².